The first-order valence-corrected chi connectivity index (χ1v) is 4.17. The highest BCUT2D eigenvalue weighted by Gasteiger charge is 2.12. The molecule has 0 aliphatic carbocycles. The minimum absolute atomic E-state index is 0.441. The molecule has 60 valence electrons. The zero-order valence-electron chi connectivity index (χ0n) is 7.07. The molecule has 0 N–H and O–H groups in total. The number of aliphatic imine (C=N–C) groups is 1. The topological polar surface area (TPSA) is 12.4 Å². The molecule has 1 aliphatic rings. The third-order valence-electron chi connectivity index (χ3n) is 2.21. The van der Waals surface area contributed by atoms with E-state index in [0.29, 0.717) is 5.92 Å². The van der Waals surface area contributed by atoms with Crippen molar-refractivity contribution in [3.05, 3.63) is 48.2 Å². The summed E-state index contributed by atoms with van der Waals surface area (Å²) in [5.74, 6) is 0.441. The van der Waals surface area contributed by atoms with Crippen molar-refractivity contribution in [2.45, 2.75) is 12.8 Å². The molecule has 12 heavy (non-hydrogen) atoms. The first kappa shape index (κ1) is 7.29. The van der Waals surface area contributed by atoms with Gasteiger partial charge in [0, 0.05) is 17.8 Å². The maximum absolute atomic E-state index is 4.18. The van der Waals surface area contributed by atoms with Crippen LogP contribution in [0.2, 0.25) is 0 Å². The normalized spacial score (nSPS) is 16.6. The van der Waals surface area contributed by atoms with Gasteiger partial charge in [-0.3, -0.25) is 4.99 Å². The summed E-state index contributed by atoms with van der Waals surface area (Å²) in [6.07, 6.45) is 3.91. The van der Waals surface area contributed by atoms with Crippen molar-refractivity contribution in [2.24, 2.45) is 4.99 Å². The highest BCUT2D eigenvalue weighted by atomic mass is 14.8. The Morgan fingerprint density at radius 2 is 1.83 bits per heavy atom. The summed E-state index contributed by atoms with van der Waals surface area (Å²) < 4.78 is 0. The predicted molar refractivity (Wildman–Crippen MR) is 51.4 cm³/mol. The van der Waals surface area contributed by atoms with Gasteiger partial charge in [-0.1, -0.05) is 37.3 Å². The third-order valence-corrected chi connectivity index (χ3v) is 2.21. The van der Waals surface area contributed by atoms with Gasteiger partial charge in [0.1, 0.15) is 0 Å². The zero-order valence-corrected chi connectivity index (χ0v) is 7.07. The molecule has 1 aliphatic heterocycles. The van der Waals surface area contributed by atoms with Gasteiger partial charge in [-0.15, -0.1) is 0 Å². The lowest BCUT2D eigenvalue weighted by Crippen LogP contribution is -2.09. The number of hydrogen-bond acceptors (Lipinski definition) is 1. The second-order valence-electron chi connectivity index (χ2n) is 3.00. The Morgan fingerprint density at radius 1 is 1.17 bits per heavy atom. The summed E-state index contributed by atoms with van der Waals surface area (Å²) in [5, 5.41) is 0. The van der Waals surface area contributed by atoms with Crippen LogP contribution in [0.4, 0.5) is 0 Å². The lowest BCUT2D eigenvalue weighted by Gasteiger charge is -2.14. The van der Waals surface area contributed by atoms with Crippen LogP contribution in [0.5, 0.6) is 0 Å². The molecule has 0 spiro atoms. The lowest BCUT2D eigenvalue weighted by atomic mass is 9.94. The van der Waals surface area contributed by atoms with Gasteiger partial charge in [0.2, 0.25) is 0 Å². The van der Waals surface area contributed by atoms with Crippen LogP contribution in [-0.4, -0.2) is 5.71 Å². The van der Waals surface area contributed by atoms with E-state index in [2.05, 4.69) is 42.3 Å². The van der Waals surface area contributed by atoms with Gasteiger partial charge >= 0.3 is 0 Å². The molecule has 0 saturated carbocycles. The second-order valence-corrected chi connectivity index (χ2v) is 3.00. The first-order valence-electron chi connectivity index (χ1n) is 4.17. The first-order chi connectivity index (χ1) is 5.88. The van der Waals surface area contributed by atoms with Gasteiger partial charge in [0.15, 0.2) is 0 Å². The van der Waals surface area contributed by atoms with E-state index in [4.69, 9.17) is 0 Å². The van der Waals surface area contributed by atoms with Crippen LogP contribution < -0.4 is 0 Å². The molecule has 1 aromatic carbocycles. The fourth-order valence-electron chi connectivity index (χ4n) is 1.33. The molecule has 0 unspecified atom stereocenters. The number of rotatable bonds is 2. The molecule has 0 amide bonds. The van der Waals surface area contributed by atoms with Crippen LogP contribution in [0, 0.1) is 0 Å². The average molecular weight is 157 g/mol. The van der Waals surface area contributed by atoms with Crippen molar-refractivity contribution in [2.75, 3.05) is 0 Å². The monoisotopic (exact) mass is 157 g/mol. The minimum Gasteiger partial charge on any atom is -0.261 e. The van der Waals surface area contributed by atoms with E-state index in [0.717, 1.165) is 0 Å². The highest BCUT2D eigenvalue weighted by molar-refractivity contribution is 6.03. The van der Waals surface area contributed by atoms with Gasteiger partial charge in [-0.25, -0.2) is 0 Å². The Kier molecular flexibility index (Phi) is 1.78. The van der Waals surface area contributed by atoms with Gasteiger partial charge in [-0.2, -0.15) is 0 Å². The molecule has 1 aromatic rings. The van der Waals surface area contributed by atoms with Crippen molar-refractivity contribution in [3.8, 4) is 0 Å². The summed E-state index contributed by atoms with van der Waals surface area (Å²) in [7, 11) is 0. The minimum atomic E-state index is 0.441. The van der Waals surface area contributed by atoms with Crippen LogP contribution in [0.3, 0.4) is 0 Å². The molecule has 0 bridgehead atoms. The molecule has 0 radical (unpaired) electrons. The van der Waals surface area contributed by atoms with Crippen molar-refractivity contribution in [3.63, 3.8) is 0 Å². The number of allylic oxidation sites excluding steroid dienone is 1. The van der Waals surface area contributed by atoms with Crippen molar-refractivity contribution < 1.29 is 0 Å². The van der Waals surface area contributed by atoms with Crippen LogP contribution in [0.15, 0.2) is 47.6 Å². The Hall–Kier alpha value is -1.37. The largest absolute Gasteiger partial charge is 0.261 e. The van der Waals surface area contributed by atoms with Crippen molar-refractivity contribution in [1.29, 1.82) is 0 Å². The Morgan fingerprint density at radius 3 is 2.33 bits per heavy atom. The molecule has 0 aromatic heterocycles. The van der Waals surface area contributed by atoms with E-state index in [1.165, 1.54) is 11.3 Å². The Bertz CT molecular complexity index is 322. The van der Waals surface area contributed by atoms with E-state index in [1.54, 1.807) is 0 Å². The number of hydrogen-bond donors (Lipinski definition) is 0. The maximum atomic E-state index is 4.18. The molecule has 1 heteroatoms. The molecular formula is C11H11N. The van der Waals surface area contributed by atoms with E-state index in [-0.39, 0.29) is 0 Å². The Balaban J connectivity index is 2.20. The predicted octanol–water partition coefficient (Wildman–Crippen LogP) is 2.76. The molecule has 0 fully saturated rings. The third kappa shape index (κ3) is 1.18. The molecular weight excluding hydrogens is 146 g/mol. The quantitative estimate of drug-likeness (QED) is 0.626. The molecule has 1 atom stereocenters. The SMILES string of the molecule is C[C@H](C1=NC=C1)c1ccccc1. The molecule has 1 nitrogen and oxygen atoms in total. The molecule has 2 rings (SSSR count). The van der Waals surface area contributed by atoms with E-state index in [9.17, 15) is 0 Å². The number of nitrogens with zero attached hydrogens (tertiary/aromatic N) is 1. The van der Waals surface area contributed by atoms with Crippen LogP contribution in [0.1, 0.15) is 18.4 Å². The number of benzene rings is 1. The van der Waals surface area contributed by atoms with E-state index >= 15 is 0 Å². The van der Waals surface area contributed by atoms with Crippen molar-refractivity contribution in [1.82, 2.24) is 0 Å². The van der Waals surface area contributed by atoms with Gasteiger partial charge in [0.05, 0.1) is 0 Å². The van der Waals surface area contributed by atoms with Crippen LogP contribution in [0.25, 0.3) is 0 Å². The highest BCUT2D eigenvalue weighted by Crippen LogP contribution is 2.20. The summed E-state index contributed by atoms with van der Waals surface area (Å²) in [4.78, 5) is 4.18. The maximum Gasteiger partial charge on any atom is 0.0490 e. The summed E-state index contributed by atoms with van der Waals surface area (Å²) >= 11 is 0. The second kappa shape index (κ2) is 2.94. The average Bonchev–Trinajstić information content (AvgIpc) is 2.03. The van der Waals surface area contributed by atoms with Gasteiger partial charge in [-0.05, 0) is 11.6 Å². The standard InChI is InChI=1S/C11H11N/c1-9(11-7-8-12-11)10-5-3-2-4-6-10/h2-9H,1H3/t9-/m0/s1. The molecule has 0 saturated heterocycles. The lowest BCUT2D eigenvalue weighted by molar-refractivity contribution is 1.01. The van der Waals surface area contributed by atoms with Crippen molar-refractivity contribution >= 4 is 5.71 Å². The van der Waals surface area contributed by atoms with E-state index < -0.39 is 0 Å². The summed E-state index contributed by atoms with van der Waals surface area (Å²) in [5.41, 5.74) is 2.52. The van der Waals surface area contributed by atoms with Crippen LogP contribution >= 0.6 is 0 Å². The Labute approximate surface area is 72.5 Å². The zero-order chi connectivity index (χ0) is 8.39. The summed E-state index contributed by atoms with van der Waals surface area (Å²) in [6.45, 7) is 2.18. The fraction of sp³-hybridized carbons (Fsp3) is 0.182. The smallest absolute Gasteiger partial charge is 0.0490 e. The van der Waals surface area contributed by atoms with Crippen LogP contribution in [-0.2, 0) is 0 Å². The van der Waals surface area contributed by atoms with Gasteiger partial charge in [0.25, 0.3) is 0 Å². The molecule has 1 heterocycles. The summed E-state index contributed by atoms with van der Waals surface area (Å²) in [6, 6.07) is 10.4. The van der Waals surface area contributed by atoms with E-state index in [1.807, 2.05) is 12.3 Å². The fourth-order valence-corrected chi connectivity index (χ4v) is 1.33. The van der Waals surface area contributed by atoms with Gasteiger partial charge < -0.3 is 0 Å².